The molecule has 4 N–H and O–H groups in total. The molecule has 0 radical (unpaired) electrons. The zero-order valence-corrected chi connectivity index (χ0v) is 31.3. The number of ether oxygens (including phenoxy) is 3. The standard InChI is InChI=1S/C41H49FN4O8/c1-7-22-52-38(49)26-19-20-32(42)34(23-26)45-36(47)33(18-12-13-21-43-39(50)54-41(4,5)6)44-37(48)35(25(2)3)46-40(51)53-24-31-29-16-10-8-14-27(29)28-15-9-11-17-30(28)31/h7-11,14-17,19-20,23,25,31,33,35H,1,12-13,18,21-22,24H2,2-6H3,(H,43,50)(H,44,48)(H,45,47)(H,46,51)/t33-,35-/m0/s1. The quantitative estimate of drug-likeness (QED) is 0.0536. The van der Waals surface area contributed by atoms with Crippen LogP contribution in [0.1, 0.15) is 81.3 Å². The van der Waals surface area contributed by atoms with Gasteiger partial charge in [0.1, 0.15) is 36.7 Å². The van der Waals surface area contributed by atoms with Crippen molar-refractivity contribution in [3.63, 3.8) is 0 Å². The van der Waals surface area contributed by atoms with Crippen LogP contribution in [-0.4, -0.2) is 67.4 Å². The molecule has 4 rings (SSSR count). The largest absolute Gasteiger partial charge is 0.458 e. The van der Waals surface area contributed by atoms with Crippen molar-refractivity contribution in [2.45, 2.75) is 77.5 Å². The zero-order chi connectivity index (χ0) is 39.4. The number of amides is 4. The maximum Gasteiger partial charge on any atom is 0.407 e. The second-order valence-corrected chi connectivity index (χ2v) is 14.2. The summed E-state index contributed by atoms with van der Waals surface area (Å²) in [6.07, 6.45) is 0.854. The van der Waals surface area contributed by atoms with Crippen molar-refractivity contribution < 1.29 is 42.6 Å². The van der Waals surface area contributed by atoms with Crippen LogP contribution in [-0.2, 0) is 23.8 Å². The summed E-state index contributed by atoms with van der Waals surface area (Å²) in [5.41, 5.74) is 3.25. The lowest BCUT2D eigenvalue weighted by atomic mass is 9.98. The number of halogens is 1. The average Bonchev–Trinajstić information content (AvgIpc) is 3.44. The van der Waals surface area contributed by atoms with Crippen molar-refractivity contribution in [3.8, 4) is 11.1 Å². The van der Waals surface area contributed by atoms with Gasteiger partial charge in [-0.2, -0.15) is 0 Å². The highest BCUT2D eigenvalue weighted by atomic mass is 19.1. The Hall–Kier alpha value is -5.72. The minimum absolute atomic E-state index is 0.00508. The fourth-order valence-electron chi connectivity index (χ4n) is 6.00. The molecule has 0 unspecified atom stereocenters. The average molecular weight is 745 g/mol. The highest BCUT2D eigenvalue weighted by Gasteiger charge is 2.32. The second kappa shape index (κ2) is 18.9. The molecule has 3 aromatic carbocycles. The minimum Gasteiger partial charge on any atom is -0.458 e. The Bertz CT molecular complexity index is 1790. The van der Waals surface area contributed by atoms with Crippen LogP contribution in [0.2, 0.25) is 0 Å². The molecule has 0 bridgehead atoms. The van der Waals surface area contributed by atoms with Gasteiger partial charge >= 0.3 is 18.2 Å². The van der Waals surface area contributed by atoms with Gasteiger partial charge in [-0.25, -0.2) is 18.8 Å². The van der Waals surface area contributed by atoms with Gasteiger partial charge in [0.05, 0.1) is 11.3 Å². The van der Waals surface area contributed by atoms with Gasteiger partial charge in [0.25, 0.3) is 0 Å². The lowest BCUT2D eigenvalue weighted by molar-refractivity contribution is -0.128. The summed E-state index contributed by atoms with van der Waals surface area (Å²) in [7, 11) is 0. The Morgan fingerprint density at radius 2 is 1.50 bits per heavy atom. The molecule has 0 saturated heterocycles. The molecule has 0 saturated carbocycles. The molecule has 1 aliphatic carbocycles. The van der Waals surface area contributed by atoms with E-state index < -0.39 is 59.4 Å². The first-order valence-electron chi connectivity index (χ1n) is 18.0. The van der Waals surface area contributed by atoms with Crippen LogP contribution >= 0.6 is 0 Å². The summed E-state index contributed by atoms with van der Waals surface area (Å²) in [6.45, 7) is 12.4. The van der Waals surface area contributed by atoms with Gasteiger partial charge in [0.2, 0.25) is 11.8 Å². The smallest absolute Gasteiger partial charge is 0.407 e. The van der Waals surface area contributed by atoms with Crippen molar-refractivity contribution in [1.82, 2.24) is 16.0 Å². The first-order valence-corrected chi connectivity index (χ1v) is 18.0. The number of anilines is 1. The molecule has 3 aromatic rings. The Balaban J connectivity index is 1.43. The Kier molecular flexibility index (Phi) is 14.3. The molecule has 1 aliphatic rings. The lowest BCUT2D eigenvalue weighted by Gasteiger charge is -2.25. The molecule has 0 aliphatic heterocycles. The number of hydrogen-bond donors (Lipinski definition) is 4. The van der Waals surface area contributed by atoms with E-state index in [9.17, 15) is 28.4 Å². The van der Waals surface area contributed by atoms with E-state index in [1.165, 1.54) is 12.1 Å². The monoisotopic (exact) mass is 744 g/mol. The van der Waals surface area contributed by atoms with E-state index in [-0.39, 0.29) is 43.3 Å². The zero-order valence-electron chi connectivity index (χ0n) is 31.3. The predicted octanol–water partition coefficient (Wildman–Crippen LogP) is 6.85. The molecule has 0 aromatic heterocycles. The molecule has 13 heteroatoms. The van der Waals surface area contributed by atoms with Gasteiger partial charge in [-0.15, -0.1) is 0 Å². The van der Waals surface area contributed by atoms with Crippen molar-refractivity contribution >= 4 is 35.7 Å². The lowest BCUT2D eigenvalue weighted by Crippen LogP contribution is -2.54. The topological polar surface area (TPSA) is 161 Å². The van der Waals surface area contributed by atoms with Crippen LogP contribution in [0.25, 0.3) is 11.1 Å². The first kappa shape index (κ1) is 41.0. The van der Waals surface area contributed by atoms with Gasteiger partial charge in [0, 0.05) is 12.5 Å². The van der Waals surface area contributed by atoms with E-state index in [4.69, 9.17) is 14.2 Å². The van der Waals surface area contributed by atoms with Crippen LogP contribution < -0.4 is 21.3 Å². The fourth-order valence-corrected chi connectivity index (χ4v) is 6.00. The maximum atomic E-state index is 14.9. The van der Waals surface area contributed by atoms with Gasteiger partial charge in [-0.1, -0.05) is 75.0 Å². The highest BCUT2D eigenvalue weighted by Crippen LogP contribution is 2.44. The van der Waals surface area contributed by atoms with Gasteiger partial charge in [-0.3, -0.25) is 9.59 Å². The molecule has 4 amide bonds. The van der Waals surface area contributed by atoms with Crippen molar-refractivity contribution in [2.24, 2.45) is 5.92 Å². The van der Waals surface area contributed by atoms with E-state index in [1.807, 2.05) is 48.5 Å². The summed E-state index contributed by atoms with van der Waals surface area (Å²) in [5, 5.41) is 10.5. The number of rotatable bonds is 16. The number of carbonyl (C=O) groups is 5. The second-order valence-electron chi connectivity index (χ2n) is 14.2. The molecule has 0 heterocycles. The number of unbranched alkanes of at least 4 members (excludes halogenated alkanes) is 1. The van der Waals surface area contributed by atoms with Crippen molar-refractivity contribution in [1.29, 1.82) is 0 Å². The third-order valence-corrected chi connectivity index (χ3v) is 8.58. The van der Waals surface area contributed by atoms with Gasteiger partial charge in [-0.05, 0) is 86.4 Å². The molecule has 0 spiro atoms. The van der Waals surface area contributed by atoms with E-state index in [0.717, 1.165) is 34.4 Å². The number of hydrogen-bond acceptors (Lipinski definition) is 8. The number of benzene rings is 3. The van der Waals surface area contributed by atoms with Crippen LogP contribution in [0.5, 0.6) is 0 Å². The molecule has 2 atom stereocenters. The van der Waals surface area contributed by atoms with Crippen molar-refractivity contribution in [2.75, 3.05) is 25.1 Å². The molecular weight excluding hydrogens is 695 g/mol. The Labute approximate surface area is 315 Å². The minimum atomic E-state index is -1.19. The summed E-state index contributed by atoms with van der Waals surface area (Å²) >= 11 is 0. The molecule has 54 heavy (non-hydrogen) atoms. The third kappa shape index (κ3) is 11.4. The van der Waals surface area contributed by atoms with E-state index in [2.05, 4.69) is 27.8 Å². The fraction of sp³-hybridized carbons (Fsp3) is 0.390. The summed E-state index contributed by atoms with van der Waals surface area (Å²) < 4.78 is 30.8. The van der Waals surface area contributed by atoms with E-state index >= 15 is 0 Å². The predicted molar refractivity (Wildman–Crippen MR) is 202 cm³/mol. The normalized spacial score (nSPS) is 13.1. The number of fused-ring (bicyclic) bond motifs is 3. The van der Waals surface area contributed by atoms with Crippen LogP contribution in [0, 0.1) is 11.7 Å². The highest BCUT2D eigenvalue weighted by molar-refractivity contribution is 5.99. The Morgan fingerprint density at radius 3 is 2.11 bits per heavy atom. The van der Waals surface area contributed by atoms with Crippen LogP contribution in [0.3, 0.4) is 0 Å². The summed E-state index contributed by atoms with van der Waals surface area (Å²) in [6, 6.07) is 16.9. The maximum absolute atomic E-state index is 14.9. The number of alkyl carbamates (subject to hydrolysis) is 2. The molecule has 0 fully saturated rings. The van der Waals surface area contributed by atoms with E-state index in [0.29, 0.717) is 12.8 Å². The van der Waals surface area contributed by atoms with Gasteiger partial charge in [0.15, 0.2) is 0 Å². The summed E-state index contributed by atoms with van der Waals surface area (Å²) in [5.74, 6) is -3.58. The third-order valence-electron chi connectivity index (χ3n) is 8.58. The molecular formula is C41H49FN4O8. The van der Waals surface area contributed by atoms with E-state index in [1.54, 1.807) is 34.6 Å². The number of nitrogens with one attached hydrogen (secondary N) is 4. The number of esters is 1. The summed E-state index contributed by atoms with van der Waals surface area (Å²) in [4.78, 5) is 64.9. The van der Waals surface area contributed by atoms with Gasteiger partial charge < -0.3 is 35.5 Å². The van der Waals surface area contributed by atoms with Crippen LogP contribution in [0.15, 0.2) is 79.4 Å². The molecule has 12 nitrogen and oxygen atoms in total. The Morgan fingerprint density at radius 1 is 0.852 bits per heavy atom. The van der Waals surface area contributed by atoms with Crippen LogP contribution in [0.4, 0.5) is 19.7 Å². The van der Waals surface area contributed by atoms with Crippen molar-refractivity contribution in [3.05, 3.63) is 102 Å². The SMILES string of the molecule is C=CCOC(=O)c1ccc(F)c(NC(=O)[C@H](CCCCNC(=O)OC(C)(C)C)NC(=O)[C@@H](NC(=O)OCC2c3ccccc3-c3ccccc32)C(C)C)c1. The molecule has 288 valence electrons. The first-order chi connectivity index (χ1) is 25.7. The number of carbonyl (C=O) groups excluding carboxylic acids is 5.